The van der Waals surface area contributed by atoms with Crippen LogP contribution in [0.5, 0.6) is 0 Å². The number of halogens is 1. The van der Waals surface area contributed by atoms with Crippen LogP contribution in [0.1, 0.15) is 50.8 Å². The number of pyridine rings is 1. The van der Waals surface area contributed by atoms with Crippen molar-refractivity contribution in [1.29, 1.82) is 0 Å². The molecule has 6 heteroatoms. The quantitative estimate of drug-likeness (QED) is 0.222. The van der Waals surface area contributed by atoms with Gasteiger partial charge in [0.1, 0.15) is 18.0 Å². The third kappa shape index (κ3) is 5.24. The SMILES string of the molecule is CCOC(=O)CC(=O)CC(O)C=Cc1c(-c2ccc(F)cc2)c2c3ccccc3ccn2c1C(C)C. The Morgan fingerprint density at radius 3 is 2.50 bits per heavy atom. The Morgan fingerprint density at radius 1 is 1.08 bits per heavy atom. The second-order valence-electron chi connectivity index (χ2n) is 9.11. The van der Waals surface area contributed by atoms with E-state index in [0.29, 0.717) is 0 Å². The number of ether oxygens (including phenoxy) is 1. The van der Waals surface area contributed by atoms with Crippen molar-refractivity contribution in [2.75, 3.05) is 6.61 Å². The fraction of sp³-hybridized carbons (Fsp3) is 0.267. The molecule has 0 bridgehead atoms. The Labute approximate surface area is 209 Å². The number of esters is 1. The second kappa shape index (κ2) is 10.9. The molecular formula is C30H30FNO4. The van der Waals surface area contributed by atoms with Crippen molar-refractivity contribution in [3.8, 4) is 11.1 Å². The predicted octanol–water partition coefficient (Wildman–Crippen LogP) is 6.31. The van der Waals surface area contributed by atoms with Gasteiger partial charge in [-0.05, 0) is 42.0 Å². The molecule has 4 aromatic rings. The summed E-state index contributed by atoms with van der Waals surface area (Å²) in [5, 5.41) is 12.7. The largest absolute Gasteiger partial charge is 0.466 e. The van der Waals surface area contributed by atoms with Crippen LogP contribution in [-0.4, -0.2) is 34.0 Å². The Morgan fingerprint density at radius 2 is 1.81 bits per heavy atom. The van der Waals surface area contributed by atoms with Gasteiger partial charge in [0.25, 0.3) is 0 Å². The number of fused-ring (bicyclic) bond motifs is 3. The number of carbonyl (C=O) groups is 2. The lowest BCUT2D eigenvalue weighted by molar-refractivity contribution is -0.145. The molecular weight excluding hydrogens is 457 g/mol. The van der Waals surface area contributed by atoms with Crippen LogP contribution in [0.3, 0.4) is 0 Å². The molecule has 186 valence electrons. The topological polar surface area (TPSA) is 68.0 Å². The van der Waals surface area contributed by atoms with Crippen molar-refractivity contribution in [1.82, 2.24) is 4.40 Å². The van der Waals surface area contributed by atoms with Crippen molar-refractivity contribution in [2.24, 2.45) is 0 Å². The first-order valence-electron chi connectivity index (χ1n) is 12.1. The van der Waals surface area contributed by atoms with Gasteiger partial charge in [0.15, 0.2) is 0 Å². The highest BCUT2D eigenvalue weighted by molar-refractivity contribution is 6.06. The molecule has 0 spiro atoms. The summed E-state index contributed by atoms with van der Waals surface area (Å²) in [5.74, 6) is -1.16. The van der Waals surface area contributed by atoms with E-state index in [1.165, 1.54) is 12.1 Å². The zero-order chi connectivity index (χ0) is 25.8. The van der Waals surface area contributed by atoms with Gasteiger partial charge in [0.05, 0.1) is 18.2 Å². The average molecular weight is 488 g/mol. The maximum absolute atomic E-state index is 13.8. The molecule has 2 heterocycles. The molecule has 2 aromatic carbocycles. The first kappa shape index (κ1) is 25.3. The molecule has 0 aliphatic heterocycles. The number of ketones is 1. The molecule has 0 radical (unpaired) electrons. The molecule has 4 rings (SSSR count). The van der Waals surface area contributed by atoms with Crippen LogP contribution in [0.4, 0.5) is 4.39 Å². The van der Waals surface area contributed by atoms with E-state index in [4.69, 9.17) is 4.74 Å². The summed E-state index contributed by atoms with van der Waals surface area (Å²) in [6, 6.07) is 16.6. The molecule has 0 aliphatic rings. The van der Waals surface area contributed by atoms with Crippen molar-refractivity contribution in [3.05, 3.63) is 83.9 Å². The van der Waals surface area contributed by atoms with Crippen LogP contribution in [-0.2, 0) is 14.3 Å². The van der Waals surface area contributed by atoms with E-state index in [0.717, 1.165) is 38.7 Å². The Hall–Kier alpha value is -3.77. The minimum atomic E-state index is -1.06. The number of hydrogen-bond acceptors (Lipinski definition) is 4. The summed E-state index contributed by atoms with van der Waals surface area (Å²) in [7, 11) is 0. The zero-order valence-corrected chi connectivity index (χ0v) is 20.7. The Bertz CT molecular complexity index is 1430. The monoisotopic (exact) mass is 487 g/mol. The molecule has 5 nitrogen and oxygen atoms in total. The van der Waals surface area contributed by atoms with Gasteiger partial charge in [-0.2, -0.15) is 0 Å². The first-order chi connectivity index (χ1) is 17.3. The Balaban J connectivity index is 1.84. The second-order valence-corrected chi connectivity index (χ2v) is 9.11. The van der Waals surface area contributed by atoms with Crippen LogP contribution in [0.25, 0.3) is 33.5 Å². The fourth-order valence-electron chi connectivity index (χ4n) is 4.68. The highest BCUT2D eigenvalue weighted by Gasteiger charge is 2.22. The highest BCUT2D eigenvalue weighted by atomic mass is 19.1. The van der Waals surface area contributed by atoms with Crippen LogP contribution < -0.4 is 0 Å². The van der Waals surface area contributed by atoms with Crippen molar-refractivity contribution in [3.63, 3.8) is 0 Å². The smallest absolute Gasteiger partial charge is 0.313 e. The lowest BCUT2D eigenvalue weighted by atomic mass is 9.95. The summed E-state index contributed by atoms with van der Waals surface area (Å²) in [5.41, 5.74) is 4.71. The zero-order valence-electron chi connectivity index (χ0n) is 20.7. The van der Waals surface area contributed by atoms with E-state index in [2.05, 4.69) is 36.4 Å². The number of aromatic nitrogens is 1. The molecule has 0 aliphatic carbocycles. The van der Waals surface area contributed by atoms with Gasteiger partial charge in [0, 0.05) is 34.8 Å². The summed E-state index contributed by atoms with van der Waals surface area (Å²) in [4.78, 5) is 23.8. The maximum atomic E-state index is 13.8. The van der Waals surface area contributed by atoms with E-state index >= 15 is 0 Å². The Kier molecular flexibility index (Phi) is 7.65. The van der Waals surface area contributed by atoms with Crippen LogP contribution in [0.2, 0.25) is 0 Å². The number of aliphatic hydroxyl groups excluding tert-OH is 1. The van der Waals surface area contributed by atoms with Crippen molar-refractivity contribution >= 4 is 34.1 Å². The number of nitrogens with zero attached hydrogens (tertiary/aromatic N) is 1. The average Bonchev–Trinajstić information content (AvgIpc) is 3.18. The minimum Gasteiger partial charge on any atom is -0.466 e. The maximum Gasteiger partial charge on any atom is 0.313 e. The van der Waals surface area contributed by atoms with E-state index < -0.39 is 12.1 Å². The van der Waals surface area contributed by atoms with Crippen LogP contribution in [0, 0.1) is 5.82 Å². The molecule has 1 N–H and O–H groups in total. The van der Waals surface area contributed by atoms with Gasteiger partial charge in [-0.3, -0.25) is 9.59 Å². The highest BCUT2D eigenvalue weighted by Crippen LogP contribution is 2.40. The van der Waals surface area contributed by atoms with Crippen molar-refractivity contribution < 1.29 is 23.8 Å². The first-order valence-corrected chi connectivity index (χ1v) is 12.1. The third-order valence-corrected chi connectivity index (χ3v) is 6.15. The lowest BCUT2D eigenvalue weighted by Gasteiger charge is -2.10. The van der Waals surface area contributed by atoms with E-state index in [1.807, 2.05) is 24.4 Å². The molecule has 1 atom stereocenters. The number of carbonyl (C=O) groups excluding carboxylic acids is 2. The minimum absolute atomic E-state index is 0.134. The standard InChI is InChI=1S/C30H30FNO4/c1-4-36-27(35)18-24(34)17-23(33)13-14-26-28(21-9-11-22(31)12-10-21)30-25-8-6-5-7-20(25)15-16-32(30)29(26)19(2)3/h5-16,19,23,33H,4,17-18H2,1-3H3. The lowest BCUT2D eigenvalue weighted by Crippen LogP contribution is -2.16. The third-order valence-electron chi connectivity index (χ3n) is 6.15. The summed E-state index contributed by atoms with van der Waals surface area (Å²) < 4.78 is 20.8. The van der Waals surface area contributed by atoms with E-state index in [-0.39, 0.29) is 37.0 Å². The normalized spacial score (nSPS) is 12.6. The van der Waals surface area contributed by atoms with E-state index in [9.17, 15) is 19.1 Å². The van der Waals surface area contributed by atoms with Crippen LogP contribution in [0.15, 0.2) is 66.9 Å². The van der Waals surface area contributed by atoms with Gasteiger partial charge < -0.3 is 14.2 Å². The number of aliphatic hydroxyl groups is 1. The summed E-state index contributed by atoms with van der Waals surface area (Å²) in [6.07, 6.45) is 3.84. The molecule has 0 fully saturated rings. The number of hydrogen-bond donors (Lipinski definition) is 1. The molecule has 36 heavy (non-hydrogen) atoms. The fourth-order valence-corrected chi connectivity index (χ4v) is 4.68. The number of benzene rings is 2. The number of rotatable bonds is 9. The van der Waals surface area contributed by atoms with Gasteiger partial charge in [0.2, 0.25) is 0 Å². The molecule has 0 saturated heterocycles. The summed E-state index contributed by atoms with van der Waals surface area (Å²) >= 11 is 0. The summed E-state index contributed by atoms with van der Waals surface area (Å²) in [6.45, 7) is 6.08. The molecule has 1 unspecified atom stereocenters. The predicted molar refractivity (Wildman–Crippen MR) is 140 cm³/mol. The van der Waals surface area contributed by atoms with Gasteiger partial charge in [-0.25, -0.2) is 4.39 Å². The van der Waals surface area contributed by atoms with Gasteiger partial charge in [-0.1, -0.05) is 62.4 Å². The van der Waals surface area contributed by atoms with Gasteiger partial charge >= 0.3 is 5.97 Å². The van der Waals surface area contributed by atoms with Crippen LogP contribution >= 0.6 is 0 Å². The molecule has 2 aromatic heterocycles. The van der Waals surface area contributed by atoms with Crippen molar-refractivity contribution in [2.45, 2.75) is 45.6 Å². The van der Waals surface area contributed by atoms with Gasteiger partial charge in [-0.15, -0.1) is 0 Å². The molecule has 0 amide bonds. The van der Waals surface area contributed by atoms with E-state index in [1.54, 1.807) is 25.1 Å². The number of Topliss-reactive ketones (excluding diaryl/α,β-unsaturated/α-hetero) is 1. The molecule has 0 saturated carbocycles.